The van der Waals surface area contributed by atoms with Gasteiger partial charge in [-0.3, -0.25) is 4.79 Å². The van der Waals surface area contributed by atoms with Crippen molar-refractivity contribution in [3.63, 3.8) is 0 Å². The van der Waals surface area contributed by atoms with E-state index in [1.807, 2.05) is 29.2 Å². The van der Waals surface area contributed by atoms with Gasteiger partial charge in [0.1, 0.15) is 6.04 Å². The van der Waals surface area contributed by atoms with Gasteiger partial charge in [0.15, 0.2) is 5.82 Å². The van der Waals surface area contributed by atoms with Crippen LogP contribution in [0.2, 0.25) is 0 Å². The van der Waals surface area contributed by atoms with E-state index in [9.17, 15) is 4.79 Å². The Balaban J connectivity index is 1.59. The second-order valence-corrected chi connectivity index (χ2v) is 6.24. The second kappa shape index (κ2) is 6.07. The van der Waals surface area contributed by atoms with E-state index in [0.717, 1.165) is 35.7 Å². The first-order valence-electron chi connectivity index (χ1n) is 8.29. The fraction of sp³-hybridized carbons (Fsp3) is 0.316. The van der Waals surface area contributed by atoms with Gasteiger partial charge in [0.05, 0.1) is 6.42 Å². The molecule has 122 valence electrons. The Kier molecular flexibility index (Phi) is 3.76. The van der Waals surface area contributed by atoms with Gasteiger partial charge in [-0.1, -0.05) is 47.6 Å². The van der Waals surface area contributed by atoms with Crippen LogP contribution in [0.25, 0.3) is 10.8 Å². The number of carbonyl (C=O) groups excluding carboxylic acids is 1. The third kappa shape index (κ3) is 2.66. The Bertz CT molecular complexity index is 882. The maximum atomic E-state index is 12.9. The van der Waals surface area contributed by atoms with Crippen LogP contribution in [-0.4, -0.2) is 27.5 Å². The minimum absolute atomic E-state index is 0.0892. The Hall–Kier alpha value is -2.69. The van der Waals surface area contributed by atoms with Crippen LogP contribution in [0.4, 0.5) is 0 Å². The molecule has 3 aromatic rings. The lowest BCUT2D eigenvalue weighted by Gasteiger charge is -2.22. The van der Waals surface area contributed by atoms with Gasteiger partial charge in [-0.2, -0.15) is 4.98 Å². The first-order valence-corrected chi connectivity index (χ1v) is 8.29. The molecule has 24 heavy (non-hydrogen) atoms. The molecule has 0 bridgehead atoms. The number of rotatable bonds is 3. The Labute approximate surface area is 140 Å². The molecule has 0 saturated carbocycles. The first-order chi connectivity index (χ1) is 11.7. The van der Waals surface area contributed by atoms with Gasteiger partial charge < -0.3 is 9.42 Å². The first kappa shape index (κ1) is 14.9. The summed E-state index contributed by atoms with van der Waals surface area (Å²) in [5.74, 6) is 1.28. The van der Waals surface area contributed by atoms with E-state index in [-0.39, 0.29) is 11.9 Å². The highest BCUT2D eigenvalue weighted by Gasteiger charge is 2.33. The average Bonchev–Trinajstić information content (AvgIpc) is 3.24. The molecule has 1 aliphatic rings. The number of amides is 1. The number of aromatic nitrogens is 2. The van der Waals surface area contributed by atoms with Gasteiger partial charge in [0.25, 0.3) is 0 Å². The lowest BCUT2D eigenvalue weighted by atomic mass is 10.0. The van der Waals surface area contributed by atoms with E-state index in [1.54, 1.807) is 6.92 Å². The zero-order chi connectivity index (χ0) is 16.5. The van der Waals surface area contributed by atoms with Gasteiger partial charge in [-0.25, -0.2) is 0 Å². The molecule has 1 unspecified atom stereocenters. The van der Waals surface area contributed by atoms with E-state index >= 15 is 0 Å². The number of carbonyl (C=O) groups is 1. The molecule has 1 aliphatic heterocycles. The molecule has 1 fully saturated rings. The van der Waals surface area contributed by atoms with Gasteiger partial charge in [-0.15, -0.1) is 0 Å². The van der Waals surface area contributed by atoms with Crippen molar-refractivity contribution in [2.24, 2.45) is 0 Å². The van der Waals surface area contributed by atoms with Crippen molar-refractivity contribution >= 4 is 16.7 Å². The Morgan fingerprint density at radius 3 is 2.92 bits per heavy atom. The summed E-state index contributed by atoms with van der Waals surface area (Å²) >= 11 is 0. The quantitative estimate of drug-likeness (QED) is 0.741. The summed E-state index contributed by atoms with van der Waals surface area (Å²) in [6, 6.07) is 14.2. The van der Waals surface area contributed by atoms with Crippen LogP contribution in [0.1, 0.15) is 36.2 Å². The van der Waals surface area contributed by atoms with Gasteiger partial charge in [-0.05, 0) is 36.1 Å². The summed E-state index contributed by atoms with van der Waals surface area (Å²) in [4.78, 5) is 19.1. The van der Waals surface area contributed by atoms with Gasteiger partial charge in [0, 0.05) is 6.54 Å². The number of hydrogen-bond acceptors (Lipinski definition) is 4. The van der Waals surface area contributed by atoms with Crippen LogP contribution < -0.4 is 0 Å². The fourth-order valence-electron chi connectivity index (χ4n) is 3.48. The third-order valence-corrected chi connectivity index (χ3v) is 4.62. The van der Waals surface area contributed by atoms with Crippen molar-refractivity contribution in [1.82, 2.24) is 15.0 Å². The topological polar surface area (TPSA) is 59.2 Å². The number of benzene rings is 2. The van der Waals surface area contributed by atoms with Gasteiger partial charge >= 0.3 is 0 Å². The highest BCUT2D eigenvalue weighted by molar-refractivity contribution is 5.90. The molecule has 0 aliphatic carbocycles. The summed E-state index contributed by atoms with van der Waals surface area (Å²) in [6.07, 6.45) is 2.24. The molecule has 1 aromatic heterocycles. The van der Waals surface area contributed by atoms with Crippen molar-refractivity contribution in [3.05, 3.63) is 59.7 Å². The van der Waals surface area contributed by atoms with Crippen LogP contribution in [0.5, 0.6) is 0 Å². The maximum absolute atomic E-state index is 12.9. The molecule has 5 nitrogen and oxygen atoms in total. The number of fused-ring (bicyclic) bond motifs is 1. The predicted octanol–water partition coefficient (Wildman–Crippen LogP) is 3.44. The van der Waals surface area contributed by atoms with E-state index in [1.165, 1.54) is 0 Å². The molecule has 2 heterocycles. The second-order valence-electron chi connectivity index (χ2n) is 6.24. The fourth-order valence-corrected chi connectivity index (χ4v) is 3.48. The van der Waals surface area contributed by atoms with Crippen molar-refractivity contribution < 1.29 is 9.32 Å². The Morgan fingerprint density at radius 1 is 1.25 bits per heavy atom. The summed E-state index contributed by atoms with van der Waals surface area (Å²) in [5.41, 5.74) is 1.06. The van der Waals surface area contributed by atoms with Crippen LogP contribution in [0.3, 0.4) is 0 Å². The summed E-state index contributed by atoms with van der Waals surface area (Å²) in [6.45, 7) is 2.54. The average molecular weight is 321 g/mol. The summed E-state index contributed by atoms with van der Waals surface area (Å²) in [7, 11) is 0. The molecule has 0 radical (unpaired) electrons. The van der Waals surface area contributed by atoms with Crippen LogP contribution in [-0.2, 0) is 11.2 Å². The number of hydrogen-bond donors (Lipinski definition) is 0. The number of nitrogens with zero attached hydrogens (tertiary/aromatic N) is 3. The molecular weight excluding hydrogens is 302 g/mol. The zero-order valence-corrected chi connectivity index (χ0v) is 13.6. The van der Waals surface area contributed by atoms with Crippen LogP contribution in [0, 0.1) is 6.92 Å². The molecule has 1 amide bonds. The van der Waals surface area contributed by atoms with Crippen LogP contribution in [0.15, 0.2) is 47.0 Å². The number of likely N-dealkylation sites (tertiary alicyclic amines) is 1. The smallest absolute Gasteiger partial charge is 0.249 e. The molecule has 0 N–H and O–H groups in total. The van der Waals surface area contributed by atoms with Crippen molar-refractivity contribution in [3.8, 4) is 0 Å². The highest BCUT2D eigenvalue weighted by atomic mass is 16.5. The standard InChI is InChI=1S/C19H19N3O2/c1-13-20-19(24-21-13)17-10-5-11-22(17)18(23)12-15-8-4-7-14-6-2-3-9-16(14)15/h2-4,6-9,17H,5,10-12H2,1H3. The van der Waals surface area contributed by atoms with E-state index in [0.29, 0.717) is 18.1 Å². The molecular formula is C19H19N3O2. The molecule has 5 heteroatoms. The summed E-state index contributed by atoms with van der Waals surface area (Å²) in [5, 5.41) is 6.15. The molecule has 2 aromatic carbocycles. The largest absolute Gasteiger partial charge is 0.337 e. The SMILES string of the molecule is Cc1noc(C2CCCN2C(=O)Cc2cccc3ccccc23)n1. The minimum Gasteiger partial charge on any atom is -0.337 e. The van der Waals surface area contributed by atoms with E-state index in [2.05, 4.69) is 28.3 Å². The van der Waals surface area contributed by atoms with Gasteiger partial charge in [0.2, 0.25) is 11.8 Å². The number of aryl methyl sites for hydroxylation is 1. The molecule has 4 rings (SSSR count). The van der Waals surface area contributed by atoms with Crippen molar-refractivity contribution in [1.29, 1.82) is 0 Å². The molecule has 1 atom stereocenters. The van der Waals surface area contributed by atoms with E-state index in [4.69, 9.17) is 4.52 Å². The third-order valence-electron chi connectivity index (χ3n) is 4.62. The predicted molar refractivity (Wildman–Crippen MR) is 90.4 cm³/mol. The normalized spacial score (nSPS) is 17.5. The lowest BCUT2D eigenvalue weighted by molar-refractivity contribution is -0.131. The summed E-state index contributed by atoms with van der Waals surface area (Å²) < 4.78 is 5.29. The monoisotopic (exact) mass is 321 g/mol. The Morgan fingerprint density at radius 2 is 2.08 bits per heavy atom. The lowest BCUT2D eigenvalue weighted by Crippen LogP contribution is -2.32. The minimum atomic E-state index is -0.0892. The van der Waals surface area contributed by atoms with Crippen molar-refractivity contribution in [2.75, 3.05) is 6.54 Å². The van der Waals surface area contributed by atoms with E-state index < -0.39 is 0 Å². The van der Waals surface area contributed by atoms with Crippen LogP contribution >= 0.6 is 0 Å². The maximum Gasteiger partial charge on any atom is 0.249 e. The molecule has 0 spiro atoms. The molecule has 1 saturated heterocycles. The van der Waals surface area contributed by atoms with Crippen molar-refractivity contribution in [2.45, 2.75) is 32.2 Å². The zero-order valence-electron chi connectivity index (χ0n) is 13.6. The highest BCUT2D eigenvalue weighted by Crippen LogP contribution is 2.31.